The number of rotatable bonds is 8. The molecule has 0 radical (unpaired) electrons. The van der Waals surface area contributed by atoms with E-state index in [0.29, 0.717) is 50.2 Å². The Labute approximate surface area is 133 Å². The maximum atomic E-state index is 12.2. The fraction of sp³-hybridized carbons (Fsp3) is 0.571. The third kappa shape index (κ3) is 7.27. The minimum atomic E-state index is -0.287. The summed E-state index contributed by atoms with van der Waals surface area (Å²) in [6.07, 6.45) is 1.20. The standard InChI is InChI=1S/C14H26N4O2.ClH/c1-11(2)13(19)17(9-5-7-15)18(10-6-8-16)14(20)12(3)4;/h1,3,5-10,15-16H2,2,4H3;1H. The van der Waals surface area contributed by atoms with Crippen LogP contribution < -0.4 is 11.5 Å². The number of nitrogens with two attached hydrogens (primary N) is 2. The van der Waals surface area contributed by atoms with Gasteiger partial charge in [-0.05, 0) is 39.8 Å². The lowest BCUT2D eigenvalue weighted by Crippen LogP contribution is -2.51. The molecule has 4 N–H and O–H groups in total. The van der Waals surface area contributed by atoms with Gasteiger partial charge in [-0.1, -0.05) is 13.2 Å². The summed E-state index contributed by atoms with van der Waals surface area (Å²) in [6.45, 7) is 12.1. The van der Waals surface area contributed by atoms with E-state index in [1.54, 1.807) is 13.8 Å². The molecule has 0 fully saturated rings. The Bertz CT molecular complexity index is 349. The van der Waals surface area contributed by atoms with Crippen molar-refractivity contribution in [2.24, 2.45) is 11.5 Å². The Morgan fingerprint density at radius 1 is 0.857 bits per heavy atom. The molecule has 0 aromatic rings. The fourth-order valence-corrected chi connectivity index (χ4v) is 1.59. The molecule has 0 aliphatic rings. The maximum Gasteiger partial charge on any atom is 0.267 e. The van der Waals surface area contributed by atoms with Gasteiger partial charge in [-0.3, -0.25) is 9.59 Å². The van der Waals surface area contributed by atoms with E-state index in [-0.39, 0.29) is 24.2 Å². The highest BCUT2D eigenvalue weighted by Gasteiger charge is 2.25. The van der Waals surface area contributed by atoms with Crippen molar-refractivity contribution in [3.8, 4) is 0 Å². The molecule has 7 heteroatoms. The molecule has 0 unspecified atom stereocenters. The molecule has 21 heavy (non-hydrogen) atoms. The summed E-state index contributed by atoms with van der Waals surface area (Å²) in [5.41, 5.74) is 11.7. The molecule has 0 saturated heterocycles. The lowest BCUT2D eigenvalue weighted by atomic mass is 10.2. The molecule has 0 aromatic heterocycles. The number of amides is 2. The number of hydrazine groups is 1. The molecule has 0 rings (SSSR count). The Morgan fingerprint density at radius 2 is 1.14 bits per heavy atom. The summed E-state index contributed by atoms with van der Waals surface area (Å²) >= 11 is 0. The average molecular weight is 319 g/mol. The van der Waals surface area contributed by atoms with Crippen LogP contribution in [0.4, 0.5) is 0 Å². The van der Waals surface area contributed by atoms with E-state index in [1.807, 2.05) is 0 Å². The summed E-state index contributed by atoms with van der Waals surface area (Å²) < 4.78 is 0. The first-order valence-corrected chi connectivity index (χ1v) is 6.71. The molecule has 0 bridgehead atoms. The van der Waals surface area contributed by atoms with Gasteiger partial charge in [0, 0.05) is 24.2 Å². The lowest BCUT2D eigenvalue weighted by Gasteiger charge is -2.35. The largest absolute Gasteiger partial charge is 0.330 e. The van der Waals surface area contributed by atoms with Gasteiger partial charge in [0.2, 0.25) is 0 Å². The topological polar surface area (TPSA) is 92.7 Å². The molecule has 0 spiro atoms. The van der Waals surface area contributed by atoms with Crippen LogP contribution in [0.2, 0.25) is 0 Å². The summed E-state index contributed by atoms with van der Waals surface area (Å²) in [5.74, 6) is -0.574. The van der Waals surface area contributed by atoms with Gasteiger partial charge in [0.25, 0.3) is 11.8 Å². The van der Waals surface area contributed by atoms with Crippen LogP contribution in [0.25, 0.3) is 0 Å². The van der Waals surface area contributed by atoms with Gasteiger partial charge < -0.3 is 11.5 Å². The van der Waals surface area contributed by atoms with Crippen molar-refractivity contribution in [2.75, 3.05) is 26.2 Å². The van der Waals surface area contributed by atoms with E-state index in [4.69, 9.17) is 11.5 Å². The minimum Gasteiger partial charge on any atom is -0.330 e. The molecule has 2 amide bonds. The zero-order chi connectivity index (χ0) is 15.7. The Kier molecular flexibility index (Phi) is 11.8. The van der Waals surface area contributed by atoms with Crippen molar-refractivity contribution in [3.05, 3.63) is 24.3 Å². The van der Waals surface area contributed by atoms with Crippen molar-refractivity contribution >= 4 is 24.2 Å². The first kappa shape index (κ1) is 21.9. The number of nitrogens with zero attached hydrogens (tertiary/aromatic N) is 2. The number of carbonyl (C=O) groups is 2. The van der Waals surface area contributed by atoms with E-state index in [1.165, 1.54) is 10.0 Å². The van der Waals surface area contributed by atoms with Gasteiger partial charge in [-0.2, -0.15) is 0 Å². The summed E-state index contributed by atoms with van der Waals surface area (Å²) in [4.78, 5) is 24.4. The Hall–Kier alpha value is -1.37. The summed E-state index contributed by atoms with van der Waals surface area (Å²) in [5, 5.41) is 2.78. The molecule has 6 nitrogen and oxygen atoms in total. The van der Waals surface area contributed by atoms with Crippen molar-refractivity contribution in [1.29, 1.82) is 0 Å². The molecule has 0 heterocycles. The molecule has 0 atom stereocenters. The quantitative estimate of drug-likeness (QED) is 0.512. The number of halogens is 1. The normalized spacial score (nSPS) is 9.52. The molecule has 122 valence electrons. The van der Waals surface area contributed by atoms with Crippen LogP contribution in [0, 0.1) is 0 Å². The lowest BCUT2D eigenvalue weighted by molar-refractivity contribution is -0.158. The van der Waals surface area contributed by atoms with Crippen LogP contribution in [0.15, 0.2) is 24.3 Å². The second-order valence-corrected chi connectivity index (χ2v) is 4.70. The van der Waals surface area contributed by atoms with Crippen LogP contribution in [-0.4, -0.2) is 48.0 Å². The van der Waals surface area contributed by atoms with Gasteiger partial charge in [-0.25, -0.2) is 10.0 Å². The number of hydrogen-bond acceptors (Lipinski definition) is 4. The first-order valence-electron chi connectivity index (χ1n) is 6.71. The van der Waals surface area contributed by atoms with Gasteiger partial charge in [0.05, 0.1) is 0 Å². The number of hydrogen-bond donors (Lipinski definition) is 2. The van der Waals surface area contributed by atoms with Gasteiger partial charge in [-0.15, -0.1) is 12.4 Å². The van der Waals surface area contributed by atoms with Gasteiger partial charge >= 0.3 is 0 Å². The Balaban J connectivity index is 0. The predicted molar refractivity (Wildman–Crippen MR) is 87.6 cm³/mol. The number of carbonyl (C=O) groups excluding carboxylic acids is 2. The first-order chi connectivity index (χ1) is 9.36. The summed E-state index contributed by atoms with van der Waals surface area (Å²) in [7, 11) is 0. The van der Waals surface area contributed by atoms with Crippen LogP contribution in [-0.2, 0) is 9.59 Å². The molecule has 0 aliphatic carbocycles. The fourth-order valence-electron chi connectivity index (χ4n) is 1.59. The summed E-state index contributed by atoms with van der Waals surface area (Å²) in [6, 6.07) is 0. The van der Waals surface area contributed by atoms with E-state index < -0.39 is 0 Å². The minimum absolute atomic E-state index is 0. The second-order valence-electron chi connectivity index (χ2n) is 4.70. The zero-order valence-corrected chi connectivity index (χ0v) is 13.7. The highest BCUT2D eigenvalue weighted by atomic mass is 35.5. The van der Waals surface area contributed by atoms with Gasteiger partial charge in [0.15, 0.2) is 0 Å². The molecule has 0 saturated carbocycles. The molecular weight excluding hydrogens is 292 g/mol. The third-order valence-corrected chi connectivity index (χ3v) is 2.64. The highest BCUT2D eigenvalue weighted by Crippen LogP contribution is 2.10. The van der Waals surface area contributed by atoms with Crippen LogP contribution in [0.1, 0.15) is 26.7 Å². The molecule has 0 aromatic carbocycles. The van der Waals surface area contributed by atoms with Gasteiger partial charge in [0.1, 0.15) is 0 Å². The van der Waals surface area contributed by atoms with Crippen molar-refractivity contribution in [2.45, 2.75) is 26.7 Å². The molecule has 0 aliphatic heterocycles. The zero-order valence-electron chi connectivity index (χ0n) is 12.9. The van der Waals surface area contributed by atoms with E-state index in [9.17, 15) is 9.59 Å². The van der Waals surface area contributed by atoms with Crippen LogP contribution in [0.5, 0.6) is 0 Å². The third-order valence-electron chi connectivity index (χ3n) is 2.64. The van der Waals surface area contributed by atoms with E-state index in [2.05, 4.69) is 13.2 Å². The monoisotopic (exact) mass is 318 g/mol. The maximum absolute atomic E-state index is 12.2. The highest BCUT2D eigenvalue weighted by molar-refractivity contribution is 5.97. The average Bonchev–Trinajstić information content (AvgIpc) is 2.40. The van der Waals surface area contributed by atoms with Crippen molar-refractivity contribution in [3.63, 3.8) is 0 Å². The van der Waals surface area contributed by atoms with Crippen molar-refractivity contribution < 1.29 is 9.59 Å². The van der Waals surface area contributed by atoms with E-state index >= 15 is 0 Å². The predicted octanol–water partition coefficient (Wildman–Crippen LogP) is 0.830. The van der Waals surface area contributed by atoms with Crippen LogP contribution in [0.3, 0.4) is 0 Å². The molecular formula is C14H27ClN4O2. The smallest absolute Gasteiger partial charge is 0.267 e. The van der Waals surface area contributed by atoms with Crippen LogP contribution >= 0.6 is 12.4 Å². The SMILES string of the molecule is C=C(C)C(=O)N(CCCN)N(CCCN)C(=O)C(=C)C.Cl. The Morgan fingerprint density at radius 3 is 1.33 bits per heavy atom. The second kappa shape index (κ2) is 11.3. The van der Waals surface area contributed by atoms with E-state index in [0.717, 1.165) is 0 Å². The van der Waals surface area contributed by atoms with Crippen molar-refractivity contribution in [1.82, 2.24) is 10.0 Å².